The van der Waals surface area contributed by atoms with Crippen LogP contribution in [0.2, 0.25) is 0 Å². The monoisotopic (exact) mass is 329 g/mol. The molecule has 0 radical (unpaired) electrons. The molecule has 1 aliphatic rings. The molecule has 2 aromatic rings. The Kier molecular flexibility index (Phi) is 4.50. The number of benzene rings is 1. The Morgan fingerprint density at radius 2 is 2.12 bits per heavy atom. The number of aromatic nitrogens is 1. The Bertz CT molecular complexity index is 765. The van der Waals surface area contributed by atoms with Crippen molar-refractivity contribution in [1.82, 2.24) is 5.16 Å². The molecule has 0 aliphatic heterocycles. The molecule has 1 fully saturated rings. The van der Waals surface area contributed by atoms with Crippen LogP contribution < -0.4 is 10.6 Å². The highest BCUT2D eigenvalue weighted by atomic mass is 16.5. The van der Waals surface area contributed by atoms with Gasteiger partial charge in [-0.1, -0.05) is 17.3 Å². The van der Waals surface area contributed by atoms with E-state index in [1.807, 2.05) is 6.07 Å². The van der Waals surface area contributed by atoms with Gasteiger partial charge in [0.05, 0.1) is 0 Å². The second-order valence-corrected chi connectivity index (χ2v) is 5.95. The summed E-state index contributed by atoms with van der Waals surface area (Å²) < 4.78 is 5.30. The molecule has 1 aromatic heterocycles. The second kappa shape index (κ2) is 6.74. The van der Waals surface area contributed by atoms with E-state index in [0.29, 0.717) is 29.4 Å². The van der Waals surface area contributed by atoms with Crippen molar-refractivity contribution < 1.29 is 19.2 Å². The molecule has 24 heavy (non-hydrogen) atoms. The van der Waals surface area contributed by atoms with Crippen LogP contribution in [0.3, 0.4) is 0 Å². The predicted molar refractivity (Wildman–Crippen MR) is 88.3 cm³/mol. The largest absolute Gasteiger partial charge is 0.481 e. The van der Waals surface area contributed by atoms with Gasteiger partial charge in [-0.15, -0.1) is 0 Å². The number of nitrogens with zero attached hydrogens (tertiary/aromatic N) is 1. The number of hydrogen-bond donors (Lipinski definition) is 3. The van der Waals surface area contributed by atoms with Gasteiger partial charge in [-0.25, -0.2) is 4.79 Å². The number of carbonyl (C=O) groups is 2. The third-order valence-electron chi connectivity index (χ3n) is 3.89. The number of aliphatic carboxylic acids is 1. The van der Waals surface area contributed by atoms with Crippen molar-refractivity contribution in [3.63, 3.8) is 0 Å². The number of nitrogens with one attached hydrogen (secondary N) is 2. The normalized spacial score (nSPS) is 13.5. The molecule has 0 spiro atoms. The zero-order valence-electron chi connectivity index (χ0n) is 13.3. The van der Waals surface area contributed by atoms with Crippen molar-refractivity contribution in [2.75, 3.05) is 10.6 Å². The van der Waals surface area contributed by atoms with E-state index < -0.39 is 5.97 Å². The molecule has 3 rings (SSSR count). The van der Waals surface area contributed by atoms with Crippen LogP contribution >= 0.6 is 0 Å². The molecule has 1 saturated carbocycles. The van der Waals surface area contributed by atoms with Crippen molar-refractivity contribution in [1.29, 1.82) is 0 Å². The van der Waals surface area contributed by atoms with Crippen LogP contribution in [0.5, 0.6) is 0 Å². The molecule has 1 aliphatic carbocycles. The lowest BCUT2D eigenvalue weighted by Crippen LogP contribution is -2.20. The van der Waals surface area contributed by atoms with Crippen molar-refractivity contribution in [3.05, 3.63) is 41.3 Å². The Labute approximate surface area is 139 Å². The minimum atomic E-state index is -0.846. The zero-order valence-corrected chi connectivity index (χ0v) is 13.3. The molecule has 0 saturated heterocycles. The molecule has 7 nitrogen and oxygen atoms in total. The Balaban J connectivity index is 1.64. The van der Waals surface area contributed by atoms with Crippen molar-refractivity contribution in [2.45, 2.75) is 38.5 Å². The van der Waals surface area contributed by atoms with Gasteiger partial charge in [0.1, 0.15) is 11.4 Å². The van der Waals surface area contributed by atoms with E-state index in [1.165, 1.54) is 0 Å². The highest BCUT2D eigenvalue weighted by Crippen LogP contribution is 2.44. The maximum absolute atomic E-state index is 12.2. The number of carboxylic acid groups (broad SMARTS) is 1. The van der Waals surface area contributed by atoms with Gasteiger partial charge < -0.3 is 20.3 Å². The zero-order chi connectivity index (χ0) is 17.1. The van der Waals surface area contributed by atoms with Crippen molar-refractivity contribution in [3.8, 4) is 0 Å². The van der Waals surface area contributed by atoms with Crippen molar-refractivity contribution >= 4 is 23.4 Å². The Morgan fingerprint density at radius 1 is 1.33 bits per heavy atom. The lowest BCUT2D eigenvalue weighted by Gasteiger charge is -2.09. The highest BCUT2D eigenvalue weighted by Gasteiger charge is 2.32. The van der Waals surface area contributed by atoms with E-state index in [2.05, 4.69) is 15.8 Å². The van der Waals surface area contributed by atoms with Crippen LogP contribution in [0.1, 0.15) is 42.2 Å². The quantitative estimate of drug-likeness (QED) is 0.752. The van der Waals surface area contributed by atoms with Crippen LogP contribution in [0.4, 0.5) is 16.2 Å². The fraction of sp³-hybridized carbons (Fsp3) is 0.353. The molecular formula is C17H19N3O4. The molecule has 7 heteroatoms. The summed E-state index contributed by atoms with van der Waals surface area (Å²) >= 11 is 0. The van der Waals surface area contributed by atoms with Gasteiger partial charge >= 0.3 is 12.0 Å². The summed E-state index contributed by atoms with van der Waals surface area (Å²) in [7, 11) is 0. The first-order chi connectivity index (χ1) is 11.5. The number of amides is 2. The summed E-state index contributed by atoms with van der Waals surface area (Å²) in [5.74, 6) is 0.236. The average Bonchev–Trinajstić information content (AvgIpc) is 3.31. The summed E-state index contributed by atoms with van der Waals surface area (Å²) in [6.45, 7) is 1.79. The predicted octanol–water partition coefficient (Wildman–Crippen LogP) is 3.52. The number of hydrogen-bond acceptors (Lipinski definition) is 4. The fourth-order valence-electron chi connectivity index (χ4n) is 2.50. The standard InChI is InChI=1S/C17H19N3O4/c1-10-15(16(24-20-10)12-6-7-12)19-17(23)18-13-4-2-3-11(9-13)5-8-14(21)22/h2-4,9,12H,5-8H2,1H3,(H,21,22)(H2,18,19,23). The summed E-state index contributed by atoms with van der Waals surface area (Å²) in [4.78, 5) is 22.9. The van der Waals surface area contributed by atoms with Crippen molar-refractivity contribution in [2.24, 2.45) is 0 Å². The van der Waals surface area contributed by atoms with Gasteiger partial charge in [0, 0.05) is 18.0 Å². The second-order valence-electron chi connectivity index (χ2n) is 5.95. The summed E-state index contributed by atoms with van der Waals surface area (Å²) in [6, 6.07) is 6.77. The first-order valence-electron chi connectivity index (χ1n) is 7.88. The van der Waals surface area contributed by atoms with Crippen LogP contribution in [0, 0.1) is 6.92 Å². The first-order valence-corrected chi connectivity index (χ1v) is 7.88. The van der Waals surface area contributed by atoms with Gasteiger partial charge in [0.25, 0.3) is 0 Å². The van der Waals surface area contributed by atoms with Crippen LogP contribution in [-0.2, 0) is 11.2 Å². The SMILES string of the molecule is Cc1noc(C2CC2)c1NC(=O)Nc1cccc(CCC(=O)O)c1. The minimum absolute atomic E-state index is 0.0558. The van der Waals surface area contributed by atoms with Crippen LogP contribution in [-0.4, -0.2) is 22.3 Å². The summed E-state index contributed by atoms with van der Waals surface area (Å²) in [6.07, 6.45) is 2.58. The van der Waals surface area contributed by atoms with Gasteiger partial charge in [0.2, 0.25) is 0 Å². The third kappa shape index (κ3) is 3.92. The summed E-state index contributed by atoms with van der Waals surface area (Å²) in [5, 5.41) is 18.2. The van der Waals surface area contributed by atoms with E-state index in [9.17, 15) is 9.59 Å². The van der Waals surface area contributed by atoms with Crippen LogP contribution in [0.15, 0.2) is 28.8 Å². The van der Waals surface area contributed by atoms with E-state index in [-0.39, 0.29) is 12.5 Å². The van der Waals surface area contributed by atoms with E-state index in [1.54, 1.807) is 25.1 Å². The summed E-state index contributed by atoms with van der Waals surface area (Å²) in [5.41, 5.74) is 2.76. The molecule has 1 aromatic carbocycles. The van der Waals surface area contributed by atoms with E-state index in [0.717, 1.165) is 24.2 Å². The lowest BCUT2D eigenvalue weighted by atomic mass is 10.1. The molecule has 0 bridgehead atoms. The maximum atomic E-state index is 12.2. The number of carbonyl (C=O) groups excluding carboxylic acids is 1. The highest BCUT2D eigenvalue weighted by molar-refractivity contribution is 6.00. The average molecular weight is 329 g/mol. The molecule has 2 amide bonds. The smallest absolute Gasteiger partial charge is 0.323 e. The number of rotatable bonds is 6. The lowest BCUT2D eigenvalue weighted by molar-refractivity contribution is -0.136. The Morgan fingerprint density at radius 3 is 2.83 bits per heavy atom. The van der Waals surface area contributed by atoms with Gasteiger partial charge in [-0.05, 0) is 43.9 Å². The molecular weight excluding hydrogens is 310 g/mol. The van der Waals surface area contributed by atoms with E-state index >= 15 is 0 Å². The van der Waals surface area contributed by atoms with Gasteiger partial charge in [0.15, 0.2) is 5.76 Å². The van der Waals surface area contributed by atoms with E-state index in [4.69, 9.17) is 9.63 Å². The molecule has 0 atom stereocenters. The number of carboxylic acids is 1. The van der Waals surface area contributed by atoms with Gasteiger partial charge in [-0.3, -0.25) is 4.79 Å². The third-order valence-corrected chi connectivity index (χ3v) is 3.89. The minimum Gasteiger partial charge on any atom is -0.481 e. The van der Waals surface area contributed by atoms with Crippen LogP contribution in [0.25, 0.3) is 0 Å². The first kappa shape index (κ1) is 16.0. The van der Waals surface area contributed by atoms with Gasteiger partial charge in [-0.2, -0.15) is 0 Å². The fourth-order valence-corrected chi connectivity index (χ4v) is 2.50. The molecule has 3 N–H and O–H groups in total. The number of anilines is 2. The molecule has 0 unspecified atom stereocenters. The maximum Gasteiger partial charge on any atom is 0.323 e. The molecule has 1 heterocycles. The number of aryl methyl sites for hydroxylation is 2. The number of urea groups is 1. The topological polar surface area (TPSA) is 104 Å². The Hall–Kier alpha value is -2.83. The molecule has 126 valence electrons.